The minimum atomic E-state index is -3.78. The van der Waals surface area contributed by atoms with Crippen molar-refractivity contribution < 1.29 is 22.7 Å². The Kier molecular flexibility index (Phi) is 5.50. The molecule has 1 saturated heterocycles. The summed E-state index contributed by atoms with van der Waals surface area (Å²) >= 11 is 0. The van der Waals surface area contributed by atoms with Gasteiger partial charge in [-0.2, -0.15) is 4.31 Å². The Labute approximate surface area is 186 Å². The van der Waals surface area contributed by atoms with Crippen LogP contribution in [-0.2, 0) is 10.0 Å². The van der Waals surface area contributed by atoms with Crippen LogP contribution >= 0.6 is 0 Å². The van der Waals surface area contributed by atoms with Crippen LogP contribution in [0.25, 0.3) is 22.0 Å². The largest absolute Gasteiger partial charge is 0.465 e. The fourth-order valence-corrected chi connectivity index (χ4v) is 5.68. The SMILES string of the molecule is CC(C)(C)C1CN(S(=O)(=O)c2ccc(-c3c[nH]c4cc(F)ccc34)cc2)CCN1C(=O)O. The minimum absolute atomic E-state index is 0.105. The van der Waals surface area contributed by atoms with Crippen molar-refractivity contribution in [2.45, 2.75) is 31.7 Å². The number of hydrogen-bond acceptors (Lipinski definition) is 3. The van der Waals surface area contributed by atoms with Crippen molar-refractivity contribution in [2.75, 3.05) is 19.6 Å². The van der Waals surface area contributed by atoms with Crippen LogP contribution in [0.4, 0.5) is 9.18 Å². The van der Waals surface area contributed by atoms with Crippen molar-refractivity contribution in [1.29, 1.82) is 0 Å². The number of amides is 1. The van der Waals surface area contributed by atoms with Crippen molar-refractivity contribution in [2.24, 2.45) is 5.41 Å². The lowest BCUT2D eigenvalue weighted by atomic mass is 9.85. The molecule has 1 amide bonds. The molecule has 1 aliphatic rings. The average Bonchev–Trinajstić information content (AvgIpc) is 3.15. The topological polar surface area (TPSA) is 93.7 Å². The quantitative estimate of drug-likeness (QED) is 0.608. The zero-order chi connectivity index (χ0) is 23.3. The monoisotopic (exact) mass is 459 g/mol. The molecule has 0 bridgehead atoms. The van der Waals surface area contributed by atoms with E-state index in [1.807, 2.05) is 20.8 Å². The van der Waals surface area contributed by atoms with Crippen LogP contribution in [0.5, 0.6) is 0 Å². The number of carbonyl (C=O) groups is 1. The van der Waals surface area contributed by atoms with Gasteiger partial charge < -0.3 is 15.0 Å². The van der Waals surface area contributed by atoms with E-state index in [1.165, 1.54) is 21.3 Å². The summed E-state index contributed by atoms with van der Waals surface area (Å²) in [6.07, 6.45) is 0.733. The Morgan fingerprint density at radius 3 is 2.44 bits per heavy atom. The molecule has 9 heteroatoms. The number of H-pyrrole nitrogens is 1. The third-order valence-electron chi connectivity index (χ3n) is 6.04. The minimum Gasteiger partial charge on any atom is -0.465 e. The Hall–Kier alpha value is -2.91. The van der Waals surface area contributed by atoms with Crippen molar-refractivity contribution in [3.63, 3.8) is 0 Å². The van der Waals surface area contributed by atoms with E-state index in [2.05, 4.69) is 4.98 Å². The van der Waals surface area contributed by atoms with Gasteiger partial charge in [-0.25, -0.2) is 17.6 Å². The van der Waals surface area contributed by atoms with Gasteiger partial charge in [0.1, 0.15) is 5.82 Å². The number of benzene rings is 2. The molecule has 2 N–H and O–H groups in total. The summed E-state index contributed by atoms with van der Waals surface area (Å²) in [6.45, 7) is 6.06. The lowest BCUT2D eigenvalue weighted by molar-refractivity contribution is 0.0458. The molecule has 1 aliphatic heterocycles. The third kappa shape index (κ3) is 3.98. The average molecular weight is 460 g/mol. The Bertz CT molecular complexity index is 1260. The number of halogens is 1. The van der Waals surface area contributed by atoms with E-state index in [1.54, 1.807) is 36.5 Å². The number of hydrogen-bond donors (Lipinski definition) is 2. The van der Waals surface area contributed by atoms with E-state index in [0.717, 1.165) is 16.5 Å². The normalized spacial score (nSPS) is 18.2. The molecule has 2 heterocycles. The molecule has 0 spiro atoms. The van der Waals surface area contributed by atoms with Crippen LogP contribution < -0.4 is 0 Å². The molecule has 1 unspecified atom stereocenters. The summed E-state index contributed by atoms with van der Waals surface area (Å²) in [7, 11) is -3.78. The van der Waals surface area contributed by atoms with Crippen LogP contribution in [-0.4, -0.2) is 59.5 Å². The second-order valence-corrected chi connectivity index (χ2v) is 11.1. The maximum absolute atomic E-state index is 13.5. The van der Waals surface area contributed by atoms with Gasteiger partial charge in [-0.1, -0.05) is 32.9 Å². The molecule has 170 valence electrons. The van der Waals surface area contributed by atoms with Crippen molar-refractivity contribution >= 4 is 27.0 Å². The van der Waals surface area contributed by atoms with Gasteiger partial charge in [0.05, 0.1) is 10.9 Å². The summed E-state index contributed by atoms with van der Waals surface area (Å²) in [6, 6.07) is 10.6. The molecule has 2 aromatic carbocycles. The number of piperazine rings is 1. The Balaban J connectivity index is 1.61. The van der Waals surface area contributed by atoms with Crippen molar-refractivity contribution in [3.05, 3.63) is 54.5 Å². The molecule has 4 rings (SSSR count). The van der Waals surface area contributed by atoms with Gasteiger partial charge in [-0.15, -0.1) is 0 Å². The Morgan fingerprint density at radius 1 is 1.12 bits per heavy atom. The van der Waals surface area contributed by atoms with Gasteiger partial charge >= 0.3 is 6.09 Å². The third-order valence-corrected chi connectivity index (χ3v) is 7.91. The molecule has 0 aliphatic carbocycles. The highest BCUT2D eigenvalue weighted by molar-refractivity contribution is 7.89. The number of sulfonamides is 1. The van der Waals surface area contributed by atoms with Crippen LogP contribution in [0, 0.1) is 11.2 Å². The predicted molar refractivity (Wildman–Crippen MR) is 120 cm³/mol. The van der Waals surface area contributed by atoms with Gasteiger partial charge in [0.25, 0.3) is 0 Å². The predicted octanol–water partition coefficient (Wildman–Crippen LogP) is 4.37. The second kappa shape index (κ2) is 7.90. The van der Waals surface area contributed by atoms with E-state index in [4.69, 9.17) is 0 Å². The van der Waals surface area contributed by atoms with Crippen molar-refractivity contribution in [3.8, 4) is 11.1 Å². The number of carboxylic acid groups (broad SMARTS) is 1. The number of nitrogens with one attached hydrogen (secondary N) is 1. The number of rotatable bonds is 3. The van der Waals surface area contributed by atoms with Gasteiger partial charge in [0.15, 0.2) is 0 Å². The summed E-state index contributed by atoms with van der Waals surface area (Å²) < 4.78 is 41.4. The van der Waals surface area contributed by atoms with E-state index < -0.39 is 27.6 Å². The molecule has 1 aromatic heterocycles. The fourth-order valence-electron chi connectivity index (χ4n) is 4.24. The van der Waals surface area contributed by atoms with E-state index in [-0.39, 0.29) is 30.3 Å². The first kappa shape index (κ1) is 22.3. The highest BCUT2D eigenvalue weighted by Crippen LogP contribution is 2.32. The van der Waals surface area contributed by atoms with E-state index in [0.29, 0.717) is 5.52 Å². The first-order valence-corrected chi connectivity index (χ1v) is 11.8. The zero-order valence-corrected chi connectivity index (χ0v) is 19.0. The number of aromatic nitrogens is 1. The molecule has 32 heavy (non-hydrogen) atoms. The molecular weight excluding hydrogens is 433 g/mol. The van der Waals surface area contributed by atoms with Crippen LogP contribution in [0.3, 0.4) is 0 Å². The summed E-state index contributed by atoms with van der Waals surface area (Å²) in [5.41, 5.74) is 1.92. The lowest BCUT2D eigenvalue weighted by Gasteiger charge is -2.45. The van der Waals surface area contributed by atoms with Gasteiger partial charge in [0.2, 0.25) is 10.0 Å². The standard InChI is InChI=1S/C23H26FN3O4S/c1-23(2,3)21-14-26(10-11-27(21)22(28)29)32(30,31)17-7-4-15(5-8-17)19-13-25-20-12-16(24)6-9-18(19)20/h4-9,12-13,21,25H,10-11,14H2,1-3H3,(H,28,29). The molecule has 1 atom stereocenters. The maximum atomic E-state index is 13.5. The second-order valence-electron chi connectivity index (χ2n) is 9.14. The first-order chi connectivity index (χ1) is 15.0. The lowest BCUT2D eigenvalue weighted by Crippen LogP contribution is -2.60. The summed E-state index contributed by atoms with van der Waals surface area (Å²) in [5, 5.41) is 10.4. The van der Waals surface area contributed by atoms with Gasteiger partial charge in [0, 0.05) is 42.3 Å². The molecule has 1 fully saturated rings. The highest BCUT2D eigenvalue weighted by Gasteiger charge is 2.41. The van der Waals surface area contributed by atoms with Crippen LogP contribution in [0.2, 0.25) is 0 Å². The van der Waals surface area contributed by atoms with Crippen LogP contribution in [0.1, 0.15) is 20.8 Å². The smallest absolute Gasteiger partial charge is 0.407 e. The summed E-state index contributed by atoms with van der Waals surface area (Å²) in [4.78, 5) is 16.2. The van der Waals surface area contributed by atoms with Gasteiger partial charge in [-0.3, -0.25) is 0 Å². The molecule has 0 saturated carbocycles. The molecular formula is C23H26FN3O4S. The van der Waals surface area contributed by atoms with Gasteiger partial charge in [-0.05, 0) is 41.3 Å². The maximum Gasteiger partial charge on any atom is 0.407 e. The molecule has 3 aromatic rings. The van der Waals surface area contributed by atoms with Crippen molar-refractivity contribution in [1.82, 2.24) is 14.2 Å². The summed E-state index contributed by atoms with van der Waals surface area (Å²) in [5.74, 6) is -0.330. The number of aromatic amines is 1. The van der Waals surface area contributed by atoms with E-state index in [9.17, 15) is 22.7 Å². The van der Waals surface area contributed by atoms with Crippen LogP contribution in [0.15, 0.2) is 53.6 Å². The fraction of sp³-hybridized carbons (Fsp3) is 0.348. The molecule has 7 nitrogen and oxygen atoms in total. The zero-order valence-electron chi connectivity index (χ0n) is 18.2. The van der Waals surface area contributed by atoms with E-state index >= 15 is 0 Å². The molecule has 0 radical (unpaired) electrons. The highest BCUT2D eigenvalue weighted by atomic mass is 32.2. The number of fused-ring (bicyclic) bond motifs is 1. The number of nitrogens with zero attached hydrogens (tertiary/aromatic N) is 2. The Morgan fingerprint density at radius 2 is 1.81 bits per heavy atom. The first-order valence-electron chi connectivity index (χ1n) is 10.4.